The molecule has 1 rings (SSSR count). The summed E-state index contributed by atoms with van der Waals surface area (Å²) in [7, 11) is 0. The van der Waals surface area contributed by atoms with Gasteiger partial charge in [-0.15, -0.1) is 11.8 Å². The van der Waals surface area contributed by atoms with Crippen LogP contribution in [0.5, 0.6) is 0 Å². The predicted molar refractivity (Wildman–Crippen MR) is 73.4 cm³/mol. The molecular weight excluding hydrogens is 323 g/mol. The number of hydrogen-bond donors (Lipinski definition) is 3. The Balaban J connectivity index is 2.53. The molecule has 1 atom stereocenters. The van der Waals surface area contributed by atoms with E-state index >= 15 is 0 Å². The fourth-order valence-electron chi connectivity index (χ4n) is 1.31. The minimum Gasteiger partial charge on any atom is -0.479 e. The van der Waals surface area contributed by atoms with Gasteiger partial charge in [0, 0.05) is 4.90 Å². The molecule has 1 amide bonds. The quantitative estimate of drug-likeness (QED) is 0.689. The van der Waals surface area contributed by atoms with Gasteiger partial charge in [0.2, 0.25) is 5.91 Å². The summed E-state index contributed by atoms with van der Waals surface area (Å²) in [5.74, 6) is -2.28. The zero-order valence-corrected chi connectivity index (χ0v) is 12.3. The van der Waals surface area contributed by atoms with Crippen molar-refractivity contribution in [2.24, 2.45) is 0 Å². The Hall–Kier alpha value is -1.74. The highest BCUT2D eigenvalue weighted by Crippen LogP contribution is 2.31. The molecule has 0 saturated heterocycles. The van der Waals surface area contributed by atoms with Crippen molar-refractivity contribution in [1.82, 2.24) is 5.32 Å². The monoisotopic (exact) mass is 337 g/mol. The summed E-state index contributed by atoms with van der Waals surface area (Å²) >= 11 is 0.877. The summed E-state index contributed by atoms with van der Waals surface area (Å²) in [5.41, 5.74) is -2.91. The zero-order valence-electron chi connectivity index (χ0n) is 11.5. The van der Waals surface area contributed by atoms with Crippen molar-refractivity contribution in [1.29, 1.82) is 0 Å². The van der Waals surface area contributed by atoms with Crippen molar-refractivity contribution in [3.8, 4) is 0 Å². The van der Waals surface area contributed by atoms with Gasteiger partial charge in [0.25, 0.3) is 0 Å². The first-order valence-electron chi connectivity index (χ1n) is 6.05. The van der Waals surface area contributed by atoms with Crippen LogP contribution in [0.1, 0.15) is 12.5 Å². The van der Waals surface area contributed by atoms with Gasteiger partial charge in [0.05, 0.1) is 17.9 Å². The summed E-state index contributed by atoms with van der Waals surface area (Å²) in [6.07, 6.45) is -4.46. The minimum absolute atomic E-state index is 0.197. The number of aliphatic hydroxyl groups is 1. The van der Waals surface area contributed by atoms with Crippen molar-refractivity contribution in [3.63, 3.8) is 0 Å². The van der Waals surface area contributed by atoms with Gasteiger partial charge < -0.3 is 15.5 Å². The number of aliphatic carboxylic acids is 1. The molecule has 1 aromatic rings. The van der Waals surface area contributed by atoms with Crippen molar-refractivity contribution in [2.75, 3.05) is 12.3 Å². The molecule has 9 heteroatoms. The molecule has 0 heterocycles. The summed E-state index contributed by atoms with van der Waals surface area (Å²) in [5, 5.41) is 20.3. The van der Waals surface area contributed by atoms with Gasteiger partial charge in [-0.1, -0.05) is 6.07 Å². The molecule has 3 N–H and O–H groups in total. The Labute approximate surface area is 128 Å². The molecule has 0 bridgehead atoms. The van der Waals surface area contributed by atoms with Gasteiger partial charge in [0.1, 0.15) is 0 Å². The third-order valence-electron chi connectivity index (χ3n) is 2.62. The Bertz CT molecular complexity index is 560. The summed E-state index contributed by atoms with van der Waals surface area (Å²) in [4.78, 5) is 22.4. The number of carboxylic acids is 1. The van der Waals surface area contributed by atoms with Gasteiger partial charge in [-0.2, -0.15) is 13.2 Å². The summed E-state index contributed by atoms with van der Waals surface area (Å²) in [6, 6.07) is 4.51. The van der Waals surface area contributed by atoms with Crippen LogP contribution >= 0.6 is 11.8 Å². The van der Waals surface area contributed by atoms with E-state index in [4.69, 9.17) is 5.11 Å². The van der Waals surface area contributed by atoms with E-state index in [1.54, 1.807) is 0 Å². The number of carbonyl (C=O) groups excluding carboxylic acids is 1. The van der Waals surface area contributed by atoms with Gasteiger partial charge in [-0.05, 0) is 25.1 Å². The molecule has 1 unspecified atom stereocenters. The first kappa shape index (κ1) is 18.3. The largest absolute Gasteiger partial charge is 0.479 e. The molecule has 0 aliphatic rings. The van der Waals surface area contributed by atoms with Crippen molar-refractivity contribution in [2.45, 2.75) is 23.6 Å². The van der Waals surface area contributed by atoms with E-state index in [1.165, 1.54) is 12.1 Å². The maximum atomic E-state index is 12.5. The van der Waals surface area contributed by atoms with Crippen LogP contribution in [0.4, 0.5) is 13.2 Å². The first-order chi connectivity index (χ1) is 10.0. The number of alkyl halides is 3. The van der Waals surface area contributed by atoms with Gasteiger partial charge >= 0.3 is 12.1 Å². The number of thioether (sulfide) groups is 1. The number of benzene rings is 1. The molecule has 5 nitrogen and oxygen atoms in total. The van der Waals surface area contributed by atoms with E-state index in [9.17, 15) is 27.9 Å². The third-order valence-corrected chi connectivity index (χ3v) is 3.62. The highest BCUT2D eigenvalue weighted by Gasteiger charge is 2.31. The highest BCUT2D eigenvalue weighted by molar-refractivity contribution is 8.00. The van der Waals surface area contributed by atoms with Crippen LogP contribution in [0.3, 0.4) is 0 Å². The van der Waals surface area contributed by atoms with Crippen LogP contribution in [-0.4, -0.2) is 40.0 Å². The van der Waals surface area contributed by atoms with Crippen LogP contribution in [-0.2, 0) is 15.8 Å². The lowest BCUT2D eigenvalue weighted by molar-refractivity contribution is -0.156. The average molecular weight is 337 g/mol. The molecular formula is C13H14F3NO4S. The topological polar surface area (TPSA) is 86.6 Å². The molecule has 0 aliphatic heterocycles. The van der Waals surface area contributed by atoms with Crippen molar-refractivity contribution < 1.29 is 33.0 Å². The fourth-order valence-corrected chi connectivity index (χ4v) is 2.09. The molecule has 0 aromatic heterocycles. The van der Waals surface area contributed by atoms with Crippen molar-refractivity contribution >= 4 is 23.6 Å². The summed E-state index contributed by atoms with van der Waals surface area (Å²) < 4.78 is 37.6. The molecule has 122 valence electrons. The molecule has 0 aliphatic carbocycles. The Kier molecular flexibility index (Phi) is 5.84. The lowest BCUT2D eigenvalue weighted by Gasteiger charge is -2.18. The average Bonchev–Trinajstić information content (AvgIpc) is 2.42. The Morgan fingerprint density at radius 2 is 1.95 bits per heavy atom. The second kappa shape index (κ2) is 7.01. The van der Waals surface area contributed by atoms with E-state index < -0.39 is 35.8 Å². The number of nitrogens with one attached hydrogen (secondary N) is 1. The molecule has 0 fully saturated rings. The smallest absolute Gasteiger partial charge is 0.416 e. The van der Waals surface area contributed by atoms with Gasteiger partial charge in [0.15, 0.2) is 5.60 Å². The van der Waals surface area contributed by atoms with Crippen LogP contribution < -0.4 is 5.32 Å². The van der Waals surface area contributed by atoms with Gasteiger partial charge in [-0.25, -0.2) is 4.79 Å². The second-order valence-electron chi connectivity index (χ2n) is 4.67. The van der Waals surface area contributed by atoms with E-state index in [-0.39, 0.29) is 10.6 Å². The fraction of sp³-hybridized carbons (Fsp3) is 0.385. The van der Waals surface area contributed by atoms with Gasteiger partial charge in [-0.3, -0.25) is 4.79 Å². The molecule has 0 radical (unpaired) electrons. The van der Waals surface area contributed by atoms with E-state index in [2.05, 4.69) is 5.32 Å². The summed E-state index contributed by atoms with van der Waals surface area (Å²) in [6.45, 7) is 0.528. The number of hydrogen-bond acceptors (Lipinski definition) is 4. The number of carboxylic acid groups (broad SMARTS) is 1. The maximum Gasteiger partial charge on any atom is 0.416 e. The number of rotatable bonds is 6. The minimum atomic E-state index is -4.46. The number of amides is 1. The molecule has 1 aromatic carbocycles. The SMILES string of the molecule is CC(O)(CNC(=O)CSc1cccc(C(F)(F)F)c1)C(=O)O. The normalized spacial score (nSPS) is 14.2. The number of carbonyl (C=O) groups is 2. The van der Waals surface area contributed by atoms with Crippen LogP contribution in [0, 0.1) is 0 Å². The first-order valence-corrected chi connectivity index (χ1v) is 7.03. The lowest BCUT2D eigenvalue weighted by atomic mass is 10.1. The Morgan fingerprint density at radius 1 is 1.32 bits per heavy atom. The maximum absolute atomic E-state index is 12.5. The Morgan fingerprint density at radius 3 is 2.50 bits per heavy atom. The molecule has 0 spiro atoms. The highest BCUT2D eigenvalue weighted by atomic mass is 32.2. The lowest BCUT2D eigenvalue weighted by Crippen LogP contribution is -2.46. The zero-order chi connectivity index (χ0) is 17.0. The number of halogens is 3. The van der Waals surface area contributed by atoms with Crippen LogP contribution in [0.2, 0.25) is 0 Å². The van der Waals surface area contributed by atoms with Crippen molar-refractivity contribution in [3.05, 3.63) is 29.8 Å². The third kappa shape index (κ3) is 5.57. The second-order valence-corrected chi connectivity index (χ2v) is 5.72. The standard InChI is InChI=1S/C13H14F3NO4S/c1-12(21,11(19)20)7-17-10(18)6-22-9-4-2-3-8(5-9)13(14,15)16/h2-5,21H,6-7H2,1H3,(H,17,18)(H,19,20). The van der Waals surface area contributed by atoms with E-state index in [0.29, 0.717) is 0 Å². The van der Waals surface area contributed by atoms with E-state index in [1.807, 2.05) is 0 Å². The molecule has 22 heavy (non-hydrogen) atoms. The van der Waals surface area contributed by atoms with Crippen LogP contribution in [0.15, 0.2) is 29.2 Å². The van der Waals surface area contributed by atoms with E-state index in [0.717, 1.165) is 30.8 Å². The molecule has 0 saturated carbocycles. The van der Waals surface area contributed by atoms with Crippen LogP contribution in [0.25, 0.3) is 0 Å². The predicted octanol–water partition coefficient (Wildman–Crippen LogP) is 1.75.